The lowest BCUT2D eigenvalue weighted by molar-refractivity contribution is 0.347. The summed E-state index contributed by atoms with van der Waals surface area (Å²) in [5.41, 5.74) is 4.13. The number of fused-ring (bicyclic) bond motifs is 1. The van der Waals surface area contributed by atoms with Gasteiger partial charge in [0, 0.05) is 0 Å². The second-order valence-corrected chi connectivity index (χ2v) is 3.45. The van der Waals surface area contributed by atoms with E-state index in [0.717, 1.165) is 19.5 Å². The van der Waals surface area contributed by atoms with Crippen molar-refractivity contribution in [3.05, 3.63) is 46.4 Å². The first kappa shape index (κ1) is 8.12. The molecule has 1 heterocycles. The zero-order valence-electron chi connectivity index (χ0n) is 7.75. The summed E-state index contributed by atoms with van der Waals surface area (Å²) in [7, 11) is 0. The Morgan fingerprint density at radius 2 is 2.31 bits per heavy atom. The average molecular weight is 172 g/mol. The van der Waals surface area contributed by atoms with Crippen LogP contribution in [0.5, 0.6) is 0 Å². The highest BCUT2D eigenvalue weighted by Gasteiger charge is 2.18. The SMILES string of the molecule is [C-]#[N+]N1CCc2c(C)cccc2C1. The molecule has 0 bridgehead atoms. The van der Waals surface area contributed by atoms with Crippen molar-refractivity contribution in [2.24, 2.45) is 0 Å². The molecular weight excluding hydrogens is 160 g/mol. The van der Waals surface area contributed by atoms with Gasteiger partial charge in [0.2, 0.25) is 0 Å². The third-order valence-corrected chi connectivity index (χ3v) is 2.62. The summed E-state index contributed by atoms with van der Waals surface area (Å²) in [6.07, 6.45) is 1.02. The third kappa shape index (κ3) is 1.38. The standard InChI is InChI=1S/C11H12N2/c1-9-4-3-5-10-8-13(12-2)7-6-11(9)10/h3-5H,6-8H2,1H3. The van der Waals surface area contributed by atoms with E-state index in [0.29, 0.717) is 0 Å². The van der Waals surface area contributed by atoms with Gasteiger partial charge in [0.1, 0.15) is 6.54 Å². The predicted octanol–water partition coefficient (Wildman–Crippen LogP) is 2.19. The minimum absolute atomic E-state index is 0.792. The van der Waals surface area contributed by atoms with Gasteiger partial charge in [-0.1, -0.05) is 18.2 Å². The minimum atomic E-state index is 0.792. The summed E-state index contributed by atoms with van der Waals surface area (Å²) in [5, 5.41) is 1.79. The van der Waals surface area contributed by atoms with Crippen LogP contribution >= 0.6 is 0 Å². The monoisotopic (exact) mass is 172 g/mol. The van der Waals surface area contributed by atoms with Gasteiger partial charge < -0.3 is 0 Å². The van der Waals surface area contributed by atoms with Crippen LogP contribution in [0.3, 0.4) is 0 Å². The van der Waals surface area contributed by atoms with Crippen LogP contribution in [0.25, 0.3) is 4.95 Å². The predicted molar refractivity (Wildman–Crippen MR) is 51.9 cm³/mol. The van der Waals surface area contributed by atoms with Crippen molar-refractivity contribution in [1.82, 2.24) is 5.01 Å². The Morgan fingerprint density at radius 1 is 1.46 bits per heavy atom. The number of rotatable bonds is 0. The second-order valence-electron chi connectivity index (χ2n) is 3.45. The highest BCUT2D eigenvalue weighted by atomic mass is 15.4. The summed E-state index contributed by atoms with van der Waals surface area (Å²) in [6.45, 7) is 10.8. The zero-order valence-corrected chi connectivity index (χ0v) is 7.75. The second kappa shape index (κ2) is 3.10. The van der Waals surface area contributed by atoms with Gasteiger partial charge in [-0.2, -0.15) is 11.5 Å². The van der Waals surface area contributed by atoms with Gasteiger partial charge in [0.05, 0.1) is 6.54 Å². The van der Waals surface area contributed by atoms with E-state index in [9.17, 15) is 0 Å². The molecule has 2 nitrogen and oxygen atoms in total. The number of hydrogen-bond acceptors (Lipinski definition) is 1. The third-order valence-electron chi connectivity index (χ3n) is 2.62. The van der Waals surface area contributed by atoms with Gasteiger partial charge in [-0.3, -0.25) is 0 Å². The maximum atomic E-state index is 6.94. The first-order valence-electron chi connectivity index (χ1n) is 4.51. The van der Waals surface area contributed by atoms with Crippen molar-refractivity contribution in [2.45, 2.75) is 19.9 Å². The van der Waals surface area contributed by atoms with E-state index in [4.69, 9.17) is 6.57 Å². The Balaban J connectivity index is 2.37. The van der Waals surface area contributed by atoms with E-state index in [1.165, 1.54) is 16.7 Å². The zero-order chi connectivity index (χ0) is 9.26. The van der Waals surface area contributed by atoms with Gasteiger partial charge in [0.15, 0.2) is 0 Å². The Morgan fingerprint density at radius 3 is 3.08 bits per heavy atom. The highest BCUT2D eigenvalue weighted by molar-refractivity contribution is 5.36. The topological polar surface area (TPSA) is 7.60 Å². The van der Waals surface area contributed by atoms with Crippen molar-refractivity contribution >= 4 is 0 Å². The van der Waals surface area contributed by atoms with Crippen LogP contribution in [-0.2, 0) is 13.0 Å². The Bertz CT molecular complexity index is 363. The first-order valence-corrected chi connectivity index (χ1v) is 4.51. The lowest BCUT2D eigenvalue weighted by atomic mass is 9.96. The maximum absolute atomic E-state index is 6.94. The number of benzene rings is 1. The molecule has 2 heteroatoms. The molecule has 0 aromatic heterocycles. The molecule has 0 saturated carbocycles. The Labute approximate surface area is 78.6 Å². The molecule has 1 aliphatic rings. The van der Waals surface area contributed by atoms with Gasteiger partial charge in [0.25, 0.3) is 0 Å². The molecule has 1 aromatic carbocycles. The van der Waals surface area contributed by atoms with E-state index in [2.05, 4.69) is 30.1 Å². The van der Waals surface area contributed by atoms with Crippen LogP contribution in [0, 0.1) is 13.5 Å². The molecule has 0 amide bonds. The van der Waals surface area contributed by atoms with Gasteiger partial charge in [-0.05, 0) is 30.0 Å². The molecule has 2 rings (SSSR count). The molecule has 0 spiro atoms. The molecule has 0 atom stereocenters. The summed E-state index contributed by atoms with van der Waals surface area (Å²) < 4.78 is 0. The molecule has 66 valence electrons. The summed E-state index contributed by atoms with van der Waals surface area (Å²) in [6, 6.07) is 6.34. The lowest BCUT2D eigenvalue weighted by Crippen LogP contribution is -2.24. The van der Waals surface area contributed by atoms with Crippen LogP contribution in [0.2, 0.25) is 0 Å². The fraction of sp³-hybridized carbons (Fsp3) is 0.364. The fourth-order valence-electron chi connectivity index (χ4n) is 1.87. The molecule has 0 radical (unpaired) electrons. The van der Waals surface area contributed by atoms with Crippen molar-refractivity contribution < 1.29 is 0 Å². The molecule has 1 aromatic rings. The summed E-state index contributed by atoms with van der Waals surface area (Å²) in [5.74, 6) is 0. The number of nitrogens with zero attached hydrogens (tertiary/aromatic N) is 2. The molecule has 0 fully saturated rings. The fourth-order valence-corrected chi connectivity index (χ4v) is 1.87. The van der Waals surface area contributed by atoms with Crippen molar-refractivity contribution in [2.75, 3.05) is 6.54 Å². The van der Waals surface area contributed by atoms with Crippen LogP contribution in [0.15, 0.2) is 18.2 Å². The average Bonchev–Trinajstić information content (AvgIpc) is 2.18. The Kier molecular flexibility index (Phi) is 1.94. The van der Waals surface area contributed by atoms with E-state index in [1.54, 1.807) is 5.01 Å². The lowest BCUT2D eigenvalue weighted by Gasteiger charge is -2.21. The summed E-state index contributed by atoms with van der Waals surface area (Å²) in [4.78, 5) is 3.46. The normalized spacial score (nSPS) is 14.9. The smallest absolute Gasteiger partial charge is 0.111 e. The molecule has 0 unspecified atom stereocenters. The van der Waals surface area contributed by atoms with Crippen LogP contribution in [-0.4, -0.2) is 11.6 Å². The molecular formula is C11H12N2. The van der Waals surface area contributed by atoms with E-state index < -0.39 is 0 Å². The van der Waals surface area contributed by atoms with E-state index in [1.807, 2.05) is 0 Å². The van der Waals surface area contributed by atoms with Gasteiger partial charge >= 0.3 is 0 Å². The quantitative estimate of drug-likeness (QED) is 0.544. The van der Waals surface area contributed by atoms with Crippen LogP contribution < -0.4 is 0 Å². The number of aryl methyl sites for hydroxylation is 1. The van der Waals surface area contributed by atoms with Crippen LogP contribution in [0.4, 0.5) is 0 Å². The van der Waals surface area contributed by atoms with E-state index >= 15 is 0 Å². The van der Waals surface area contributed by atoms with Crippen molar-refractivity contribution in [3.8, 4) is 0 Å². The molecule has 13 heavy (non-hydrogen) atoms. The summed E-state index contributed by atoms with van der Waals surface area (Å²) >= 11 is 0. The van der Waals surface area contributed by atoms with Crippen LogP contribution in [0.1, 0.15) is 16.7 Å². The molecule has 0 aliphatic carbocycles. The van der Waals surface area contributed by atoms with Gasteiger partial charge in [-0.25, -0.2) is 0 Å². The largest absolute Gasteiger partial charge is 0.184 e. The van der Waals surface area contributed by atoms with Crippen molar-refractivity contribution in [1.29, 1.82) is 0 Å². The first-order chi connectivity index (χ1) is 6.31. The number of hydrogen-bond donors (Lipinski definition) is 0. The molecule has 0 N–H and O–H groups in total. The minimum Gasteiger partial charge on any atom is -0.184 e. The molecule has 0 saturated heterocycles. The molecule has 1 aliphatic heterocycles. The highest BCUT2D eigenvalue weighted by Crippen LogP contribution is 2.21. The van der Waals surface area contributed by atoms with Crippen molar-refractivity contribution in [3.63, 3.8) is 0 Å². The maximum Gasteiger partial charge on any atom is 0.111 e. The van der Waals surface area contributed by atoms with E-state index in [-0.39, 0.29) is 0 Å². The van der Waals surface area contributed by atoms with Gasteiger partial charge in [-0.15, -0.1) is 5.01 Å². The Hall–Kier alpha value is -1.49.